The summed E-state index contributed by atoms with van der Waals surface area (Å²) >= 11 is 3.35. The molecule has 0 unspecified atom stereocenters. The zero-order valence-corrected chi connectivity index (χ0v) is 8.62. The Morgan fingerprint density at radius 1 is 1.46 bits per heavy atom. The Kier molecular flexibility index (Phi) is 3.45. The maximum atomic E-state index is 10.6. The smallest absolute Gasteiger partial charge is 0.219 e. The summed E-state index contributed by atoms with van der Waals surface area (Å²) in [7, 11) is 0. The molecule has 0 aliphatic heterocycles. The van der Waals surface area contributed by atoms with Crippen LogP contribution in [0.1, 0.15) is 18.0 Å². The number of carbonyl (C=O) groups excluding carboxylic acids is 1. The predicted molar refractivity (Wildman–Crippen MR) is 54.9 cm³/mol. The Bertz CT molecular complexity index is 314. The topological polar surface area (TPSA) is 69.1 Å². The normalized spacial score (nSPS) is 12.5. The average Bonchev–Trinajstić information content (AvgIpc) is 2.03. The van der Waals surface area contributed by atoms with E-state index < -0.39 is 0 Å². The summed E-state index contributed by atoms with van der Waals surface area (Å²) < 4.78 is 0.906. The summed E-state index contributed by atoms with van der Waals surface area (Å²) in [6.07, 6.45) is 0.169. The second-order valence-electron chi connectivity index (χ2n) is 2.80. The predicted octanol–water partition coefficient (Wildman–Crippen LogP) is 1.32. The van der Waals surface area contributed by atoms with E-state index in [4.69, 9.17) is 11.5 Å². The van der Waals surface area contributed by atoms with Crippen molar-refractivity contribution < 1.29 is 4.79 Å². The number of hydrogen-bond donors (Lipinski definition) is 2. The molecule has 4 N–H and O–H groups in total. The molecule has 0 aliphatic carbocycles. The first-order chi connectivity index (χ1) is 6.11. The lowest BCUT2D eigenvalue weighted by Gasteiger charge is -2.11. The highest BCUT2D eigenvalue weighted by Gasteiger charge is 2.11. The van der Waals surface area contributed by atoms with Crippen LogP contribution < -0.4 is 11.5 Å². The van der Waals surface area contributed by atoms with Crippen molar-refractivity contribution in [1.82, 2.24) is 0 Å². The van der Waals surface area contributed by atoms with Crippen LogP contribution in [0.2, 0.25) is 0 Å². The molecule has 3 nitrogen and oxygen atoms in total. The van der Waals surface area contributed by atoms with Crippen molar-refractivity contribution in [3.8, 4) is 0 Å². The molecule has 0 fully saturated rings. The van der Waals surface area contributed by atoms with Gasteiger partial charge in [-0.1, -0.05) is 34.1 Å². The molecule has 0 aliphatic rings. The molecule has 4 heteroatoms. The van der Waals surface area contributed by atoms with E-state index in [0.29, 0.717) is 0 Å². The lowest BCUT2D eigenvalue weighted by Crippen LogP contribution is -2.20. The molecule has 0 saturated carbocycles. The van der Waals surface area contributed by atoms with Gasteiger partial charge in [0.1, 0.15) is 0 Å². The van der Waals surface area contributed by atoms with E-state index in [-0.39, 0.29) is 18.4 Å². The summed E-state index contributed by atoms with van der Waals surface area (Å²) in [6, 6.07) is 7.20. The third-order valence-electron chi connectivity index (χ3n) is 1.73. The van der Waals surface area contributed by atoms with Gasteiger partial charge in [-0.15, -0.1) is 0 Å². The molecular formula is C9H11BrN2O. The second-order valence-corrected chi connectivity index (χ2v) is 3.65. The van der Waals surface area contributed by atoms with E-state index >= 15 is 0 Å². The number of rotatable bonds is 3. The Balaban J connectivity index is 2.82. The highest BCUT2D eigenvalue weighted by atomic mass is 79.9. The summed E-state index contributed by atoms with van der Waals surface area (Å²) in [6.45, 7) is 0. The first-order valence-corrected chi connectivity index (χ1v) is 4.69. The van der Waals surface area contributed by atoms with Gasteiger partial charge in [0.25, 0.3) is 0 Å². The lowest BCUT2D eigenvalue weighted by atomic mass is 10.0. The molecule has 0 spiro atoms. The zero-order chi connectivity index (χ0) is 9.84. The van der Waals surface area contributed by atoms with Gasteiger partial charge < -0.3 is 11.5 Å². The van der Waals surface area contributed by atoms with Gasteiger partial charge in [-0.3, -0.25) is 4.79 Å². The fourth-order valence-electron chi connectivity index (χ4n) is 1.10. The lowest BCUT2D eigenvalue weighted by molar-refractivity contribution is -0.118. The zero-order valence-electron chi connectivity index (χ0n) is 7.03. The van der Waals surface area contributed by atoms with Crippen molar-refractivity contribution in [2.24, 2.45) is 11.5 Å². The van der Waals surface area contributed by atoms with Crippen LogP contribution in [0.25, 0.3) is 0 Å². The molecule has 1 aromatic rings. The van der Waals surface area contributed by atoms with Gasteiger partial charge >= 0.3 is 0 Å². The number of nitrogens with two attached hydrogens (primary N) is 2. The molecule has 1 atom stereocenters. The van der Waals surface area contributed by atoms with Crippen molar-refractivity contribution in [3.05, 3.63) is 34.3 Å². The van der Waals surface area contributed by atoms with Gasteiger partial charge in [0.05, 0.1) is 0 Å². The Labute approximate surface area is 85.2 Å². The minimum atomic E-state index is -0.386. The molecule has 1 amide bonds. The minimum Gasteiger partial charge on any atom is -0.370 e. The van der Waals surface area contributed by atoms with E-state index in [0.717, 1.165) is 10.0 Å². The SMILES string of the molecule is NC(=O)C[C@H](N)c1ccccc1Br. The highest BCUT2D eigenvalue weighted by Crippen LogP contribution is 2.23. The molecule has 0 aromatic heterocycles. The van der Waals surface area contributed by atoms with E-state index in [9.17, 15) is 4.79 Å². The average molecular weight is 243 g/mol. The van der Waals surface area contributed by atoms with Crippen LogP contribution in [0.15, 0.2) is 28.7 Å². The summed E-state index contributed by atoms with van der Waals surface area (Å²) in [5.74, 6) is -0.386. The Morgan fingerprint density at radius 2 is 2.08 bits per heavy atom. The van der Waals surface area contributed by atoms with Gasteiger partial charge in [-0.2, -0.15) is 0 Å². The third-order valence-corrected chi connectivity index (χ3v) is 2.45. The Hall–Kier alpha value is -0.870. The van der Waals surface area contributed by atoms with Crippen LogP contribution >= 0.6 is 15.9 Å². The van der Waals surface area contributed by atoms with Gasteiger partial charge in [-0.25, -0.2) is 0 Å². The molecule has 70 valence electrons. The molecule has 0 bridgehead atoms. The largest absolute Gasteiger partial charge is 0.370 e. The number of amides is 1. The first-order valence-electron chi connectivity index (χ1n) is 3.89. The standard InChI is InChI=1S/C9H11BrN2O/c10-7-4-2-1-3-6(7)8(11)5-9(12)13/h1-4,8H,5,11H2,(H2,12,13)/t8-/m0/s1. The summed E-state index contributed by atoms with van der Waals surface area (Å²) in [5, 5.41) is 0. The highest BCUT2D eigenvalue weighted by molar-refractivity contribution is 9.10. The fourth-order valence-corrected chi connectivity index (χ4v) is 1.68. The molecule has 1 aromatic carbocycles. The number of benzene rings is 1. The van der Waals surface area contributed by atoms with Gasteiger partial charge in [0.15, 0.2) is 0 Å². The van der Waals surface area contributed by atoms with Gasteiger partial charge in [-0.05, 0) is 11.6 Å². The van der Waals surface area contributed by atoms with Crippen LogP contribution in [0, 0.1) is 0 Å². The van der Waals surface area contributed by atoms with Crippen LogP contribution in [0.5, 0.6) is 0 Å². The third kappa shape index (κ3) is 2.82. The molecule has 0 heterocycles. The maximum absolute atomic E-state index is 10.6. The first kappa shape index (κ1) is 10.2. The summed E-state index contributed by atoms with van der Waals surface area (Å²) in [5.41, 5.74) is 11.7. The quantitative estimate of drug-likeness (QED) is 0.840. The monoisotopic (exact) mass is 242 g/mol. The number of hydrogen-bond acceptors (Lipinski definition) is 2. The fraction of sp³-hybridized carbons (Fsp3) is 0.222. The number of primary amides is 1. The van der Waals surface area contributed by atoms with Crippen LogP contribution in [0.3, 0.4) is 0 Å². The van der Waals surface area contributed by atoms with Gasteiger partial charge in [0.2, 0.25) is 5.91 Å². The second kappa shape index (κ2) is 4.39. The van der Waals surface area contributed by atoms with Gasteiger partial charge in [0, 0.05) is 16.9 Å². The molecule has 1 rings (SSSR count). The summed E-state index contributed by atoms with van der Waals surface area (Å²) in [4.78, 5) is 10.6. The van der Waals surface area contributed by atoms with E-state index in [1.165, 1.54) is 0 Å². The molecule has 0 saturated heterocycles. The molecular weight excluding hydrogens is 232 g/mol. The minimum absolute atomic E-state index is 0.169. The van der Waals surface area contributed by atoms with E-state index in [1.54, 1.807) is 0 Å². The van der Waals surface area contributed by atoms with Crippen molar-refractivity contribution in [2.45, 2.75) is 12.5 Å². The van der Waals surface area contributed by atoms with Crippen LogP contribution in [-0.2, 0) is 4.79 Å². The number of halogens is 1. The van der Waals surface area contributed by atoms with E-state index in [1.807, 2.05) is 24.3 Å². The van der Waals surface area contributed by atoms with Crippen molar-refractivity contribution >= 4 is 21.8 Å². The number of carbonyl (C=O) groups is 1. The Morgan fingerprint density at radius 3 is 2.62 bits per heavy atom. The van der Waals surface area contributed by atoms with Crippen molar-refractivity contribution in [1.29, 1.82) is 0 Å². The van der Waals surface area contributed by atoms with Crippen LogP contribution in [0.4, 0.5) is 0 Å². The van der Waals surface area contributed by atoms with E-state index in [2.05, 4.69) is 15.9 Å². The van der Waals surface area contributed by atoms with Crippen molar-refractivity contribution in [2.75, 3.05) is 0 Å². The molecule has 13 heavy (non-hydrogen) atoms. The van der Waals surface area contributed by atoms with Crippen LogP contribution in [-0.4, -0.2) is 5.91 Å². The maximum Gasteiger partial charge on any atom is 0.219 e. The van der Waals surface area contributed by atoms with Crippen molar-refractivity contribution in [3.63, 3.8) is 0 Å². The molecule has 0 radical (unpaired) electrons.